The molecule has 0 saturated carbocycles. The van der Waals surface area contributed by atoms with Crippen LogP contribution in [0.1, 0.15) is 27.9 Å². The molecule has 0 heterocycles. The van der Waals surface area contributed by atoms with Crippen molar-refractivity contribution in [2.75, 3.05) is 0 Å². The number of alkyl halides is 1. The molecule has 1 atom stereocenters. The SMILES string of the molecule is Cc1ccc(F)cc1CCC(Br)c1ccccc1. The molecule has 18 heavy (non-hydrogen) atoms. The van der Waals surface area contributed by atoms with Gasteiger partial charge < -0.3 is 0 Å². The van der Waals surface area contributed by atoms with Gasteiger partial charge in [-0.05, 0) is 48.6 Å². The van der Waals surface area contributed by atoms with Gasteiger partial charge in [-0.25, -0.2) is 4.39 Å². The van der Waals surface area contributed by atoms with Gasteiger partial charge in [0.15, 0.2) is 0 Å². The predicted molar refractivity (Wildman–Crippen MR) is 77.6 cm³/mol. The Morgan fingerprint density at radius 1 is 1.11 bits per heavy atom. The smallest absolute Gasteiger partial charge is 0.123 e. The Morgan fingerprint density at radius 3 is 2.56 bits per heavy atom. The lowest BCUT2D eigenvalue weighted by Gasteiger charge is -2.11. The number of hydrogen-bond acceptors (Lipinski definition) is 0. The quantitative estimate of drug-likeness (QED) is 0.681. The van der Waals surface area contributed by atoms with E-state index in [1.165, 1.54) is 11.6 Å². The summed E-state index contributed by atoms with van der Waals surface area (Å²) in [5, 5.41) is 0. The maximum atomic E-state index is 13.2. The van der Waals surface area contributed by atoms with Crippen molar-refractivity contribution in [2.45, 2.75) is 24.6 Å². The Labute approximate surface area is 116 Å². The van der Waals surface area contributed by atoms with E-state index >= 15 is 0 Å². The van der Waals surface area contributed by atoms with E-state index in [0.717, 1.165) is 24.0 Å². The Balaban J connectivity index is 2.01. The molecule has 2 heteroatoms. The van der Waals surface area contributed by atoms with E-state index < -0.39 is 0 Å². The van der Waals surface area contributed by atoms with Crippen LogP contribution >= 0.6 is 15.9 Å². The molecule has 0 fully saturated rings. The van der Waals surface area contributed by atoms with E-state index in [2.05, 4.69) is 28.1 Å². The molecule has 0 aliphatic heterocycles. The zero-order chi connectivity index (χ0) is 13.0. The highest BCUT2D eigenvalue weighted by Crippen LogP contribution is 2.28. The number of aryl methyl sites for hydroxylation is 2. The van der Waals surface area contributed by atoms with Gasteiger partial charge >= 0.3 is 0 Å². The minimum absolute atomic E-state index is 0.151. The Hall–Kier alpha value is -1.15. The third-order valence-corrected chi connectivity index (χ3v) is 4.13. The van der Waals surface area contributed by atoms with Gasteiger partial charge in [-0.2, -0.15) is 0 Å². The predicted octanol–water partition coefficient (Wildman–Crippen LogP) is 5.20. The molecule has 0 spiro atoms. The normalized spacial score (nSPS) is 12.4. The zero-order valence-corrected chi connectivity index (χ0v) is 12.0. The number of benzene rings is 2. The van der Waals surface area contributed by atoms with Crippen molar-refractivity contribution in [2.24, 2.45) is 0 Å². The fourth-order valence-electron chi connectivity index (χ4n) is 2.02. The van der Waals surface area contributed by atoms with Gasteiger partial charge in [0.2, 0.25) is 0 Å². The van der Waals surface area contributed by atoms with Crippen LogP contribution in [0.4, 0.5) is 4.39 Å². The maximum absolute atomic E-state index is 13.2. The third-order valence-electron chi connectivity index (χ3n) is 3.14. The second-order valence-corrected chi connectivity index (χ2v) is 5.59. The van der Waals surface area contributed by atoms with Crippen molar-refractivity contribution in [1.29, 1.82) is 0 Å². The molecule has 94 valence electrons. The first-order valence-corrected chi connectivity index (χ1v) is 7.02. The van der Waals surface area contributed by atoms with Crippen LogP contribution < -0.4 is 0 Å². The van der Waals surface area contributed by atoms with Crippen LogP contribution in [0.3, 0.4) is 0 Å². The van der Waals surface area contributed by atoms with Crippen LogP contribution in [-0.4, -0.2) is 0 Å². The lowest BCUT2D eigenvalue weighted by Crippen LogP contribution is -1.96. The first-order chi connectivity index (χ1) is 8.66. The van der Waals surface area contributed by atoms with E-state index in [4.69, 9.17) is 0 Å². The lowest BCUT2D eigenvalue weighted by molar-refractivity contribution is 0.623. The Morgan fingerprint density at radius 2 is 1.83 bits per heavy atom. The lowest BCUT2D eigenvalue weighted by atomic mass is 10.0. The molecule has 1 unspecified atom stereocenters. The van der Waals surface area contributed by atoms with Gasteiger partial charge in [0, 0.05) is 4.83 Å². The molecular formula is C16H16BrF. The Bertz CT molecular complexity index is 508. The monoisotopic (exact) mass is 306 g/mol. The molecule has 0 aliphatic carbocycles. The summed E-state index contributed by atoms with van der Waals surface area (Å²) in [5.74, 6) is -0.151. The number of rotatable bonds is 4. The number of halogens is 2. The van der Waals surface area contributed by atoms with E-state index in [1.54, 1.807) is 6.07 Å². The largest absolute Gasteiger partial charge is 0.207 e. The molecular weight excluding hydrogens is 291 g/mol. The Kier molecular flexibility index (Phi) is 4.54. The molecule has 0 saturated heterocycles. The highest BCUT2D eigenvalue weighted by molar-refractivity contribution is 9.09. The summed E-state index contributed by atoms with van der Waals surface area (Å²) >= 11 is 3.69. The molecule has 2 aromatic rings. The summed E-state index contributed by atoms with van der Waals surface area (Å²) in [6.45, 7) is 2.03. The van der Waals surface area contributed by atoms with Crippen LogP contribution in [-0.2, 0) is 6.42 Å². The molecule has 2 aromatic carbocycles. The van der Waals surface area contributed by atoms with Crippen molar-refractivity contribution in [3.8, 4) is 0 Å². The topological polar surface area (TPSA) is 0 Å². The van der Waals surface area contributed by atoms with Crippen molar-refractivity contribution in [3.63, 3.8) is 0 Å². The maximum Gasteiger partial charge on any atom is 0.123 e. The minimum Gasteiger partial charge on any atom is -0.207 e. The third kappa shape index (κ3) is 3.42. The fourth-order valence-corrected chi connectivity index (χ4v) is 2.55. The summed E-state index contributed by atoms with van der Waals surface area (Å²) in [7, 11) is 0. The van der Waals surface area contributed by atoms with Crippen molar-refractivity contribution in [1.82, 2.24) is 0 Å². The van der Waals surface area contributed by atoms with Gasteiger partial charge in [0.25, 0.3) is 0 Å². The van der Waals surface area contributed by atoms with Gasteiger partial charge in [0.05, 0.1) is 0 Å². The molecule has 0 aliphatic rings. The first kappa shape index (κ1) is 13.3. The summed E-state index contributed by atoms with van der Waals surface area (Å²) in [5.41, 5.74) is 3.52. The standard InChI is InChI=1S/C16H16BrF/c1-12-7-9-15(18)11-14(12)8-10-16(17)13-5-3-2-4-6-13/h2-7,9,11,16H,8,10H2,1H3. The van der Waals surface area contributed by atoms with Gasteiger partial charge in [-0.3, -0.25) is 0 Å². The van der Waals surface area contributed by atoms with Crippen LogP contribution in [0.15, 0.2) is 48.5 Å². The minimum atomic E-state index is -0.151. The van der Waals surface area contributed by atoms with Crippen LogP contribution in [0.2, 0.25) is 0 Å². The zero-order valence-electron chi connectivity index (χ0n) is 10.4. The first-order valence-electron chi connectivity index (χ1n) is 6.11. The van der Waals surface area contributed by atoms with Crippen molar-refractivity contribution in [3.05, 3.63) is 71.0 Å². The molecule has 0 amide bonds. The molecule has 0 aromatic heterocycles. The molecule has 0 nitrogen and oxygen atoms in total. The summed E-state index contributed by atoms with van der Waals surface area (Å²) < 4.78 is 13.2. The average Bonchev–Trinajstić information content (AvgIpc) is 2.40. The van der Waals surface area contributed by atoms with E-state index in [0.29, 0.717) is 4.83 Å². The van der Waals surface area contributed by atoms with E-state index in [9.17, 15) is 4.39 Å². The molecule has 0 N–H and O–H groups in total. The second-order valence-electron chi connectivity index (χ2n) is 4.49. The summed E-state index contributed by atoms with van der Waals surface area (Å²) in [6, 6.07) is 15.3. The van der Waals surface area contributed by atoms with E-state index in [1.807, 2.05) is 31.2 Å². The van der Waals surface area contributed by atoms with Gasteiger partial charge in [-0.1, -0.05) is 52.3 Å². The fraction of sp³-hybridized carbons (Fsp3) is 0.250. The van der Waals surface area contributed by atoms with Crippen LogP contribution in [0, 0.1) is 12.7 Å². The van der Waals surface area contributed by atoms with Crippen LogP contribution in [0.25, 0.3) is 0 Å². The average molecular weight is 307 g/mol. The second kappa shape index (κ2) is 6.14. The van der Waals surface area contributed by atoms with Gasteiger partial charge in [-0.15, -0.1) is 0 Å². The molecule has 0 radical (unpaired) electrons. The molecule has 2 rings (SSSR count). The highest BCUT2D eigenvalue weighted by Gasteiger charge is 2.08. The van der Waals surface area contributed by atoms with Crippen LogP contribution in [0.5, 0.6) is 0 Å². The summed E-state index contributed by atoms with van der Waals surface area (Å²) in [6.07, 6.45) is 1.85. The van der Waals surface area contributed by atoms with Gasteiger partial charge in [0.1, 0.15) is 5.82 Å². The number of hydrogen-bond donors (Lipinski definition) is 0. The summed E-state index contributed by atoms with van der Waals surface area (Å²) in [4.78, 5) is 0.321. The van der Waals surface area contributed by atoms with Crippen molar-refractivity contribution < 1.29 is 4.39 Å². The van der Waals surface area contributed by atoms with E-state index in [-0.39, 0.29) is 5.82 Å². The van der Waals surface area contributed by atoms with Crippen molar-refractivity contribution >= 4 is 15.9 Å². The molecule has 0 bridgehead atoms. The highest BCUT2D eigenvalue weighted by atomic mass is 79.9.